The van der Waals surface area contributed by atoms with Crippen molar-refractivity contribution in [2.45, 2.75) is 87.1 Å². The fourth-order valence-electron chi connectivity index (χ4n) is 2.25. The molecule has 0 atom stereocenters. The molecule has 4 heteroatoms. The Hall–Kier alpha value is -1.06. The highest BCUT2D eigenvalue weighted by Crippen LogP contribution is 2.31. The monoisotopic (exact) mass is 301 g/mol. The molecule has 0 fully saturated rings. The molecule has 0 spiro atoms. The molecule has 0 aliphatic rings. The second-order valence-electron chi connectivity index (χ2n) is 6.97. The van der Waals surface area contributed by atoms with E-state index in [0.29, 0.717) is 6.42 Å². The number of rotatable bonds is 7. The first-order chi connectivity index (χ1) is 9.40. The van der Waals surface area contributed by atoms with Gasteiger partial charge in [0, 0.05) is 11.0 Å². The summed E-state index contributed by atoms with van der Waals surface area (Å²) in [6.07, 6.45) is 1.94. The van der Waals surface area contributed by atoms with Crippen molar-refractivity contribution < 1.29 is 14.7 Å². The first-order valence-corrected chi connectivity index (χ1v) is 7.96. The summed E-state index contributed by atoms with van der Waals surface area (Å²) in [4.78, 5) is 23.5. The van der Waals surface area contributed by atoms with Crippen LogP contribution in [0.4, 0.5) is 0 Å². The molecule has 4 nitrogen and oxygen atoms in total. The molecule has 0 aromatic rings. The number of carbonyl (C=O) groups is 2. The average molecular weight is 301 g/mol. The molecule has 0 aromatic carbocycles. The molecule has 21 heavy (non-hydrogen) atoms. The lowest BCUT2D eigenvalue weighted by molar-refractivity contribution is -0.149. The second kappa shape index (κ2) is 8.40. The van der Waals surface area contributed by atoms with E-state index in [0.717, 1.165) is 12.8 Å². The van der Waals surface area contributed by atoms with Crippen LogP contribution in [0.1, 0.15) is 81.6 Å². The van der Waals surface area contributed by atoms with Crippen molar-refractivity contribution in [3.63, 3.8) is 0 Å². The van der Waals surface area contributed by atoms with Gasteiger partial charge < -0.3 is 10.4 Å². The van der Waals surface area contributed by atoms with Gasteiger partial charge in [0.1, 0.15) is 0 Å². The Labute approximate surface area is 130 Å². The van der Waals surface area contributed by atoms with Crippen molar-refractivity contribution in [3.05, 3.63) is 0 Å². The summed E-state index contributed by atoms with van der Waals surface area (Å²) in [5.74, 6) is -0.841. The van der Waals surface area contributed by atoms with Gasteiger partial charge in [-0.05, 0) is 47.0 Å². The van der Waals surface area contributed by atoms with Gasteiger partial charge in [-0.25, -0.2) is 0 Å². The van der Waals surface area contributed by atoms with E-state index in [-0.39, 0.29) is 11.3 Å². The van der Waals surface area contributed by atoms with Crippen LogP contribution in [0, 0.1) is 10.8 Å². The number of nitrogens with one attached hydrogen (secondary N) is 1. The number of carbonyl (C=O) groups excluding carboxylic acids is 1. The summed E-state index contributed by atoms with van der Waals surface area (Å²) < 4.78 is 0. The number of carboxylic acids is 1. The maximum atomic E-state index is 12.3. The lowest BCUT2D eigenvalue weighted by Gasteiger charge is -2.36. The van der Waals surface area contributed by atoms with Gasteiger partial charge >= 0.3 is 5.97 Å². The van der Waals surface area contributed by atoms with Gasteiger partial charge in [-0.2, -0.15) is 0 Å². The van der Waals surface area contributed by atoms with Gasteiger partial charge in [0.2, 0.25) is 5.91 Å². The molecule has 0 aromatic heterocycles. The van der Waals surface area contributed by atoms with Gasteiger partial charge in [-0.15, -0.1) is 0 Å². The van der Waals surface area contributed by atoms with Gasteiger partial charge in [-0.3, -0.25) is 9.59 Å². The predicted molar refractivity (Wildman–Crippen MR) is 88.3 cm³/mol. The van der Waals surface area contributed by atoms with E-state index >= 15 is 0 Å². The Morgan fingerprint density at radius 2 is 1.33 bits per heavy atom. The summed E-state index contributed by atoms with van der Waals surface area (Å²) in [5.41, 5.74) is -1.78. The summed E-state index contributed by atoms with van der Waals surface area (Å²) in [6.45, 7) is 17.1. The quantitative estimate of drug-likeness (QED) is 0.739. The Morgan fingerprint density at radius 3 is 1.62 bits per heavy atom. The van der Waals surface area contributed by atoms with Crippen LogP contribution in [0.3, 0.4) is 0 Å². The number of hydrogen-bond donors (Lipinski definition) is 2. The molecule has 0 heterocycles. The van der Waals surface area contributed by atoms with Crippen LogP contribution in [0.2, 0.25) is 0 Å². The molecule has 1 amide bonds. The Balaban J connectivity index is 0. The Morgan fingerprint density at radius 1 is 0.952 bits per heavy atom. The van der Waals surface area contributed by atoms with E-state index in [1.165, 1.54) is 0 Å². The van der Waals surface area contributed by atoms with Crippen molar-refractivity contribution in [2.75, 3.05) is 0 Å². The van der Waals surface area contributed by atoms with Crippen LogP contribution in [0.5, 0.6) is 0 Å². The molecular weight excluding hydrogens is 266 g/mol. The third kappa shape index (κ3) is 6.96. The van der Waals surface area contributed by atoms with Crippen LogP contribution >= 0.6 is 0 Å². The first kappa shape index (κ1) is 22.2. The van der Waals surface area contributed by atoms with Crippen LogP contribution in [-0.2, 0) is 9.59 Å². The highest BCUT2D eigenvalue weighted by Gasteiger charge is 2.38. The van der Waals surface area contributed by atoms with Crippen LogP contribution in [0.25, 0.3) is 0 Å². The van der Waals surface area contributed by atoms with E-state index in [2.05, 4.69) is 5.32 Å². The largest absolute Gasteiger partial charge is 0.481 e. The van der Waals surface area contributed by atoms with Gasteiger partial charge in [0.15, 0.2) is 0 Å². The summed E-state index contributed by atoms with van der Waals surface area (Å²) >= 11 is 0. The van der Waals surface area contributed by atoms with Crippen molar-refractivity contribution in [2.24, 2.45) is 10.8 Å². The van der Waals surface area contributed by atoms with Crippen molar-refractivity contribution >= 4 is 11.9 Å². The minimum absolute atomic E-state index is 0.00342. The highest BCUT2D eigenvalue weighted by atomic mass is 16.4. The standard InChI is InChI=1S/C15H29NO3.C2H6/c1-8-15(7,9-2)11(17)16-14(5,6)10-13(3,4)12(18)19;1-2/h8-10H2,1-7H3,(H,16,17)(H,18,19);1-2H3. The van der Waals surface area contributed by atoms with E-state index in [1.807, 2.05) is 48.5 Å². The van der Waals surface area contributed by atoms with Crippen LogP contribution < -0.4 is 5.32 Å². The predicted octanol–water partition coefficient (Wildman–Crippen LogP) is 4.23. The van der Waals surface area contributed by atoms with Crippen molar-refractivity contribution in [1.82, 2.24) is 5.32 Å². The molecule has 0 saturated heterocycles. The lowest BCUT2D eigenvalue weighted by Crippen LogP contribution is -2.52. The zero-order valence-electron chi connectivity index (χ0n) is 15.4. The molecule has 0 saturated carbocycles. The normalized spacial score (nSPS) is 12.2. The lowest BCUT2D eigenvalue weighted by atomic mass is 9.78. The minimum Gasteiger partial charge on any atom is -0.481 e. The summed E-state index contributed by atoms with van der Waals surface area (Å²) in [5, 5.41) is 12.2. The number of hydrogen-bond acceptors (Lipinski definition) is 2. The molecule has 0 bridgehead atoms. The Bertz CT molecular complexity index is 342. The van der Waals surface area contributed by atoms with Crippen molar-refractivity contribution in [1.29, 1.82) is 0 Å². The SMILES string of the molecule is CC.CCC(C)(CC)C(=O)NC(C)(C)CC(C)(C)C(=O)O. The zero-order valence-corrected chi connectivity index (χ0v) is 15.4. The van der Waals surface area contributed by atoms with Gasteiger partial charge in [0.25, 0.3) is 0 Å². The van der Waals surface area contributed by atoms with E-state index < -0.39 is 16.9 Å². The third-order valence-electron chi connectivity index (χ3n) is 4.02. The van der Waals surface area contributed by atoms with Crippen LogP contribution in [-0.4, -0.2) is 22.5 Å². The number of carboxylic acid groups (broad SMARTS) is 1. The van der Waals surface area contributed by atoms with E-state index in [1.54, 1.807) is 13.8 Å². The summed E-state index contributed by atoms with van der Waals surface area (Å²) in [7, 11) is 0. The molecule has 0 rings (SSSR count). The second-order valence-corrected chi connectivity index (χ2v) is 6.97. The minimum atomic E-state index is -0.856. The fourth-order valence-corrected chi connectivity index (χ4v) is 2.25. The average Bonchev–Trinajstić information content (AvgIpc) is 2.37. The van der Waals surface area contributed by atoms with E-state index in [9.17, 15) is 14.7 Å². The number of amides is 1. The third-order valence-corrected chi connectivity index (χ3v) is 4.02. The summed E-state index contributed by atoms with van der Waals surface area (Å²) in [6, 6.07) is 0. The van der Waals surface area contributed by atoms with Gasteiger partial charge in [-0.1, -0.05) is 34.6 Å². The molecule has 2 N–H and O–H groups in total. The first-order valence-electron chi connectivity index (χ1n) is 7.96. The molecule has 0 unspecified atom stereocenters. The van der Waals surface area contributed by atoms with Crippen molar-refractivity contribution in [3.8, 4) is 0 Å². The maximum absolute atomic E-state index is 12.3. The highest BCUT2D eigenvalue weighted by molar-refractivity contribution is 5.83. The van der Waals surface area contributed by atoms with Gasteiger partial charge in [0.05, 0.1) is 5.41 Å². The zero-order chi connectivity index (χ0) is 17.5. The molecule has 126 valence electrons. The smallest absolute Gasteiger partial charge is 0.309 e. The van der Waals surface area contributed by atoms with E-state index in [4.69, 9.17) is 0 Å². The molecular formula is C17H35NO3. The Kier molecular flexibility index (Phi) is 8.89. The molecule has 0 aliphatic carbocycles. The maximum Gasteiger partial charge on any atom is 0.309 e. The molecule has 0 radical (unpaired) electrons. The van der Waals surface area contributed by atoms with Crippen LogP contribution in [0.15, 0.2) is 0 Å². The fraction of sp³-hybridized carbons (Fsp3) is 0.882. The topological polar surface area (TPSA) is 66.4 Å². The molecule has 0 aliphatic heterocycles. The number of aliphatic carboxylic acids is 1.